The number of nitrogens with one attached hydrogen (secondary N) is 1. The van der Waals surface area contributed by atoms with Gasteiger partial charge in [0.1, 0.15) is 0 Å². The number of thioether (sulfide) groups is 1. The van der Waals surface area contributed by atoms with Crippen LogP contribution in [0.15, 0.2) is 53.7 Å². The summed E-state index contributed by atoms with van der Waals surface area (Å²) >= 11 is 1.17. The largest absolute Gasteiger partial charge is 0.418 e. The lowest BCUT2D eigenvalue weighted by atomic mass is 10.1. The number of aryl methyl sites for hydroxylation is 1. The number of para-hydroxylation sites is 3. The number of rotatable bonds is 4. The smallest absolute Gasteiger partial charge is 0.325 e. The molecule has 0 aliphatic rings. The molecule has 0 saturated carbocycles. The number of hydrogen-bond donors (Lipinski definition) is 1. The fraction of sp³-hybridized carbons (Fsp3) is 0.176. The van der Waals surface area contributed by atoms with Crippen LogP contribution in [-0.4, -0.2) is 21.2 Å². The molecule has 0 atom stereocenters. The van der Waals surface area contributed by atoms with Crippen molar-refractivity contribution in [1.29, 1.82) is 0 Å². The summed E-state index contributed by atoms with van der Waals surface area (Å²) in [7, 11) is 1.83. The second-order valence-corrected chi connectivity index (χ2v) is 6.26. The van der Waals surface area contributed by atoms with Crippen molar-refractivity contribution in [1.82, 2.24) is 9.55 Å². The molecule has 0 fully saturated rings. The Morgan fingerprint density at radius 2 is 1.84 bits per heavy atom. The lowest BCUT2D eigenvalue weighted by Gasteiger charge is -2.13. The summed E-state index contributed by atoms with van der Waals surface area (Å²) in [6.07, 6.45) is -4.52. The van der Waals surface area contributed by atoms with Gasteiger partial charge in [0.25, 0.3) is 0 Å². The predicted octanol–water partition coefficient (Wildman–Crippen LogP) is 4.32. The van der Waals surface area contributed by atoms with Crippen molar-refractivity contribution in [2.75, 3.05) is 11.1 Å². The summed E-state index contributed by atoms with van der Waals surface area (Å²) in [5.74, 6) is -0.558. The Bertz CT molecular complexity index is 921. The molecular weight excluding hydrogens is 351 g/mol. The summed E-state index contributed by atoms with van der Waals surface area (Å²) in [5.41, 5.74) is 0.616. The van der Waals surface area contributed by atoms with Crippen molar-refractivity contribution in [3.8, 4) is 0 Å². The van der Waals surface area contributed by atoms with Gasteiger partial charge in [-0.3, -0.25) is 4.79 Å². The van der Waals surface area contributed by atoms with Gasteiger partial charge in [0.05, 0.1) is 28.0 Å². The van der Waals surface area contributed by atoms with E-state index in [2.05, 4.69) is 10.3 Å². The molecule has 4 nitrogen and oxygen atoms in total. The minimum atomic E-state index is -4.52. The maximum atomic E-state index is 13.0. The quantitative estimate of drug-likeness (QED) is 0.701. The van der Waals surface area contributed by atoms with Gasteiger partial charge in [0.2, 0.25) is 5.91 Å². The Morgan fingerprint density at radius 1 is 1.16 bits per heavy atom. The van der Waals surface area contributed by atoms with E-state index in [9.17, 15) is 18.0 Å². The van der Waals surface area contributed by atoms with E-state index in [4.69, 9.17) is 0 Å². The first-order chi connectivity index (χ1) is 11.9. The van der Waals surface area contributed by atoms with Crippen LogP contribution in [0.25, 0.3) is 11.0 Å². The average molecular weight is 365 g/mol. The van der Waals surface area contributed by atoms with Gasteiger partial charge in [-0.25, -0.2) is 4.98 Å². The number of benzene rings is 2. The second kappa shape index (κ2) is 6.79. The molecule has 3 rings (SSSR count). The first-order valence-electron chi connectivity index (χ1n) is 7.36. The number of fused-ring (bicyclic) bond motifs is 1. The lowest BCUT2D eigenvalue weighted by Crippen LogP contribution is -2.18. The molecule has 0 saturated heterocycles. The van der Waals surface area contributed by atoms with Crippen LogP contribution in [0.3, 0.4) is 0 Å². The Labute approximate surface area is 146 Å². The van der Waals surface area contributed by atoms with Crippen LogP contribution in [0, 0.1) is 0 Å². The number of carbonyl (C=O) groups excluding carboxylic acids is 1. The van der Waals surface area contributed by atoms with Crippen LogP contribution in [0.5, 0.6) is 0 Å². The van der Waals surface area contributed by atoms with E-state index < -0.39 is 17.6 Å². The molecule has 0 radical (unpaired) electrons. The summed E-state index contributed by atoms with van der Waals surface area (Å²) in [6.45, 7) is 0. The van der Waals surface area contributed by atoms with Crippen molar-refractivity contribution >= 4 is 34.4 Å². The molecule has 130 valence electrons. The SMILES string of the molecule is Cn1c(SCC(=O)Nc2ccccc2C(F)(F)F)nc2ccccc21. The Morgan fingerprint density at radius 3 is 2.56 bits per heavy atom. The monoisotopic (exact) mass is 365 g/mol. The van der Waals surface area contributed by atoms with E-state index in [1.807, 2.05) is 35.9 Å². The number of amides is 1. The van der Waals surface area contributed by atoms with Gasteiger partial charge >= 0.3 is 6.18 Å². The van der Waals surface area contributed by atoms with Crippen molar-refractivity contribution < 1.29 is 18.0 Å². The topological polar surface area (TPSA) is 46.9 Å². The zero-order valence-electron chi connectivity index (χ0n) is 13.2. The first kappa shape index (κ1) is 17.3. The molecule has 0 aliphatic heterocycles. The van der Waals surface area contributed by atoms with Crippen molar-refractivity contribution in [3.63, 3.8) is 0 Å². The van der Waals surface area contributed by atoms with Crippen LogP contribution < -0.4 is 5.32 Å². The molecule has 0 aliphatic carbocycles. The summed E-state index contributed by atoms with van der Waals surface area (Å²) in [4.78, 5) is 16.5. The molecule has 0 unspecified atom stereocenters. The first-order valence-corrected chi connectivity index (χ1v) is 8.35. The fourth-order valence-electron chi connectivity index (χ4n) is 2.41. The fourth-order valence-corrected chi connectivity index (χ4v) is 3.20. The van der Waals surface area contributed by atoms with Crippen molar-refractivity contribution in [2.45, 2.75) is 11.3 Å². The maximum Gasteiger partial charge on any atom is 0.418 e. The minimum Gasteiger partial charge on any atom is -0.325 e. The average Bonchev–Trinajstić information content (AvgIpc) is 2.89. The minimum absolute atomic E-state index is 0.0383. The predicted molar refractivity (Wildman–Crippen MR) is 91.5 cm³/mol. The highest BCUT2D eigenvalue weighted by molar-refractivity contribution is 7.99. The Hall–Kier alpha value is -2.48. The molecule has 0 spiro atoms. The maximum absolute atomic E-state index is 13.0. The van der Waals surface area contributed by atoms with Gasteiger partial charge in [0.15, 0.2) is 5.16 Å². The van der Waals surface area contributed by atoms with Gasteiger partial charge in [-0.05, 0) is 24.3 Å². The van der Waals surface area contributed by atoms with E-state index in [1.54, 1.807) is 0 Å². The zero-order chi connectivity index (χ0) is 18.0. The third kappa shape index (κ3) is 3.79. The number of halogens is 3. The summed E-state index contributed by atoms with van der Waals surface area (Å²) in [5, 5.41) is 2.95. The number of alkyl halides is 3. The third-order valence-electron chi connectivity index (χ3n) is 3.59. The molecular formula is C17H14F3N3OS. The van der Waals surface area contributed by atoms with E-state index in [0.717, 1.165) is 17.1 Å². The van der Waals surface area contributed by atoms with Crippen LogP contribution in [0.4, 0.5) is 18.9 Å². The summed E-state index contributed by atoms with van der Waals surface area (Å²) in [6, 6.07) is 12.4. The molecule has 1 amide bonds. The highest BCUT2D eigenvalue weighted by Crippen LogP contribution is 2.34. The molecule has 8 heteroatoms. The number of imidazole rings is 1. The van der Waals surface area contributed by atoms with Crippen LogP contribution in [-0.2, 0) is 18.0 Å². The number of carbonyl (C=O) groups is 1. The molecule has 1 aromatic heterocycles. The van der Waals surface area contributed by atoms with Crippen molar-refractivity contribution in [2.24, 2.45) is 7.05 Å². The van der Waals surface area contributed by atoms with Gasteiger partial charge in [-0.15, -0.1) is 0 Å². The van der Waals surface area contributed by atoms with E-state index >= 15 is 0 Å². The van der Waals surface area contributed by atoms with Crippen LogP contribution in [0.2, 0.25) is 0 Å². The van der Waals surface area contributed by atoms with Gasteiger partial charge in [0, 0.05) is 7.05 Å². The number of nitrogens with zero attached hydrogens (tertiary/aromatic N) is 2. The Kier molecular flexibility index (Phi) is 4.71. The van der Waals surface area contributed by atoms with Gasteiger partial charge in [-0.1, -0.05) is 36.0 Å². The highest BCUT2D eigenvalue weighted by atomic mass is 32.2. The lowest BCUT2D eigenvalue weighted by molar-refractivity contribution is -0.137. The molecule has 1 N–H and O–H groups in total. The zero-order valence-corrected chi connectivity index (χ0v) is 14.0. The molecule has 25 heavy (non-hydrogen) atoms. The molecule has 2 aromatic carbocycles. The number of aromatic nitrogens is 2. The normalized spacial score (nSPS) is 11.7. The molecule has 3 aromatic rings. The van der Waals surface area contributed by atoms with E-state index in [-0.39, 0.29) is 11.4 Å². The highest BCUT2D eigenvalue weighted by Gasteiger charge is 2.33. The van der Waals surface area contributed by atoms with E-state index in [0.29, 0.717) is 5.16 Å². The van der Waals surface area contributed by atoms with E-state index in [1.165, 1.54) is 30.0 Å². The van der Waals surface area contributed by atoms with Crippen molar-refractivity contribution in [3.05, 3.63) is 54.1 Å². The number of hydrogen-bond acceptors (Lipinski definition) is 3. The van der Waals surface area contributed by atoms with Gasteiger partial charge < -0.3 is 9.88 Å². The summed E-state index contributed by atoms with van der Waals surface area (Å²) < 4.78 is 40.7. The van der Waals surface area contributed by atoms with Crippen LogP contribution >= 0.6 is 11.8 Å². The molecule has 1 heterocycles. The number of anilines is 1. The Balaban J connectivity index is 1.70. The van der Waals surface area contributed by atoms with Crippen LogP contribution in [0.1, 0.15) is 5.56 Å². The third-order valence-corrected chi connectivity index (χ3v) is 4.61. The van der Waals surface area contributed by atoms with Gasteiger partial charge in [-0.2, -0.15) is 13.2 Å². The second-order valence-electron chi connectivity index (χ2n) is 5.32. The standard InChI is InChI=1S/C17H14F3N3OS/c1-23-14-9-5-4-8-13(14)22-16(23)25-10-15(24)21-12-7-3-2-6-11(12)17(18,19)20/h2-9H,10H2,1H3,(H,21,24). The molecule has 0 bridgehead atoms.